The highest BCUT2D eigenvalue weighted by atomic mass is 16.5. The number of para-hydroxylation sites is 1. The maximum Gasteiger partial charge on any atom is 0.170 e. The summed E-state index contributed by atoms with van der Waals surface area (Å²) in [5, 5.41) is 3.89. The highest BCUT2D eigenvalue weighted by Crippen LogP contribution is 2.30. The Labute approximate surface area is 107 Å². The van der Waals surface area contributed by atoms with E-state index in [1.54, 1.807) is 0 Å². The van der Waals surface area contributed by atoms with E-state index in [2.05, 4.69) is 12.1 Å². The van der Waals surface area contributed by atoms with E-state index in [0.29, 0.717) is 18.9 Å². The molecule has 2 aromatic rings. The Morgan fingerprint density at radius 3 is 2.89 bits per heavy atom. The lowest BCUT2D eigenvalue weighted by Crippen LogP contribution is -1.97. The molecule has 2 N–H and O–H groups in total. The van der Waals surface area contributed by atoms with Crippen molar-refractivity contribution in [2.24, 2.45) is 5.73 Å². The van der Waals surface area contributed by atoms with Gasteiger partial charge in [0.1, 0.15) is 5.75 Å². The van der Waals surface area contributed by atoms with E-state index in [0.717, 1.165) is 29.8 Å². The summed E-state index contributed by atoms with van der Waals surface area (Å²) < 4.78 is 11.0. The smallest absolute Gasteiger partial charge is 0.170 e. The minimum absolute atomic E-state index is 0.377. The molecule has 0 radical (unpaired) electrons. The van der Waals surface area contributed by atoms with Crippen molar-refractivity contribution in [2.45, 2.75) is 26.3 Å². The third-order valence-corrected chi connectivity index (χ3v) is 2.68. The molecule has 2 rings (SSSR count). The van der Waals surface area contributed by atoms with Crippen LogP contribution in [-0.4, -0.2) is 11.8 Å². The van der Waals surface area contributed by atoms with E-state index in [9.17, 15) is 0 Å². The van der Waals surface area contributed by atoms with Crippen molar-refractivity contribution in [1.29, 1.82) is 0 Å². The first-order valence-electron chi connectivity index (χ1n) is 6.23. The summed E-state index contributed by atoms with van der Waals surface area (Å²) in [6.45, 7) is 3.23. The lowest BCUT2D eigenvalue weighted by Gasteiger charge is -2.08. The topological polar surface area (TPSA) is 61.3 Å². The monoisotopic (exact) mass is 246 g/mol. The number of rotatable bonds is 6. The van der Waals surface area contributed by atoms with Crippen molar-refractivity contribution in [3.05, 3.63) is 36.0 Å². The summed E-state index contributed by atoms with van der Waals surface area (Å²) in [7, 11) is 0. The standard InChI is InChI=1S/C14H18N2O2/c1-2-3-8-17-13-7-5-4-6-12(13)14-9-11(10-15)16-18-14/h4-7,9H,2-3,8,10,15H2,1H3. The van der Waals surface area contributed by atoms with Crippen LogP contribution in [0.1, 0.15) is 25.5 Å². The van der Waals surface area contributed by atoms with Crippen molar-refractivity contribution in [1.82, 2.24) is 5.16 Å². The summed E-state index contributed by atoms with van der Waals surface area (Å²) in [6.07, 6.45) is 2.15. The average Bonchev–Trinajstić information content (AvgIpc) is 2.88. The number of nitrogens with zero attached hydrogens (tertiary/aromatic N) is 1. The lowest BCUT2D eigenvalue weighted by atomic mass is 10.1. The van der Waals surface area contributed by atoms with Crippen LogP contribution < -0.4 is 10.5 Å². The molecule has 0 unspecified atom stereocenters. The molecule has 0 bridgehead atoms. The molecule has 0 aliphatic rings. The van der Waals surface area contributed by atoms with Gasteiger partial charge in [-0.25, -0.2) is 0 Å². The molecule has 1 aromatic heterocycles. The zero-order chi connectivity index (χ0) is 12.8. The van der Waals surface area contributed by atoms with Crippen molar-refractivity contribution in [3.8, 4) is 17.1 Å². The molecule has 96 valence electrons. The molecule has 0 saturated carbocycles. The number of nitrogens with two attached hydrogens (primary N) is 1. The first-order valence-corrected chi connectivity index (χ1v) is 6.23. The van der Waals surface area contributed by atoms with Crippen LogP contribution in [0.3, 0.4) is 0 Å². The van der Waals surface area contributed by atoms with E-state index in [1.807, 2.05) is 30.3 Å². The minimum atomic E-state index is 0.377. The Morgan fingerprint density at radius 1 is 1.33 bits per heavy atom. The van der Waals surface area contributed by atoms with Gasteiger partial charge >= 0.3 is 0 Å². The Morgan fingerprint density at radius 2 is 2.17 bits per heavy atom. The number of ether oxygens (including phenoxy) is 1. The molecular weight excluding hydrogens is 228 g/mol. The van der Waals surface area contributed by atoms with Crippen LogP contribution >= 0.6 is 0 Å². The van der Waals surface area contributed by atoms with Gasteiger partial charge in [0, 0.05) is 12.6 Å². The van der Waals surface area contributed by atoms with Gasteiger partial charge in [-0.3, -0.25) is 0 Å². The van der Waals surface area contributed by atoms with Gasteiger partial charge in [-0.1, -0.05) is 30.6 Å². The Bertz CT molecular complexity index is 494. The number of benzene rings is 1. The number of unbranched alkanes of at least 4 members (excludes halogenated alkanes) is 1. The van der Waals surface area contributed by atoms with Gasteiger partial charge in [-0.05, 0) is 18.6 Å². The quantitative estimate of drug-likeness (QED) is 0.796. The predicted molar refractivity (Wildman–Crippen MR) is 70.2 cm³/mol. The van der Waals surface area contributed by atoms with E-state index in [-0.39, 0.29) is 0 Å². The fraction of sp³-hybridized carbons (Fsp3) is 0.357. The van der Waals surface area contributed by atoms with Crippen LogP contribution in [0.4, 0.5) is 0 Å². The van der Waals surface area contributed by atoms with Crippen molar-refractivity contribution in [2.75, 3.05) is 6.61 Å². The fourth-order valence-electron chi connectivity index (χ4n) is 1.66. The van der Waals surface area contributed by atoms with Gasteiger partial charge in [0.2, 0.25) is 0 Å². The lowest BCUT2D eigenvalue weighted by molar-refractivity contribution is 0.309. The molecule has 0 spiro atoms. The van der Waals surface area contributed by atoms with Crippen molar-refractivity contribution in [3.63, 3.8) is 0 Å². The minimum Gasteiger partial charge on any atom is -0.493 e. The first kappa shape index (κ1) is 12.6. The maximum absolute atomic E-state index is 5.76. The summed E-state index contributed by atoms with van der Waals surface area (Å²) in [5.41, 5.74) is 7.19. The molecular formula is C14H18N2O2. The summed E-state index contributed by atoms with van der Waals surface area (Å²) >= 11 is 0. The van der Waals surface area contributed by atoms with E-state index < -0.39 is 0 Å². The number of hydrogen-bond donors (Lipinski definition) is 1. The van der Waals surface area contributed by atoms with Crippen LogP contribution in [-0.2, 0) is 6.54 Å². The molecule has 0 fully saturated rings. The molecule has 0 aliphatic heterocycles. The highest BCUT2D eigenvalue weighted by Gasteiger charge is 2.11. The van der Waals surface area contributed by atoms with Gasteiger partial charge in [0.05, 0.1) is 17.9 Å². The normalized spacial score (nSPS) is 10.6. The number of hydrogen-bond acceptors (Lipinski definition) is 4. The van der Waals surface area contributed by atoms with Crippen LogP contribution in [0, 0.1) is 0 Å². The molecule has 1 heterocycles. The first-order chi connectivity index (χ1) is 8.85. The van der Waals surface area contributed by atoms with Crippen LogP contribution in [0.5, 0.6) is 5.75 Å². The average molecular weight is 246 g/mol. The zero-order valence-electron chi connectivity index (χ0n) is 10.6. The highest BCUT2D eigenvalue weighted by molar-refractivity contribution is 5.65. The zero-order valence-corrected chi connectivity index (χ0v) is 10.6. The third-order valence-electron chi connectivity index (χ3n) is 2.68. The van der Waals surface area contributed by atoms with Gasteiger partial charge < -0.3 is 15.0 Å². The second kappa shape index (κ2) is 6.21. The molecule has 4 heteroatoms. The predicted octanol–water partition coefficient (Wildman–Crippen LogP) is 2.98. The summed E-state index contributed by atoms with van der Waals surface area (Å²) in [4.78, 5) is 0. The molecule has 0 saturated heterocycles. The Balaban J connectivity index is 2.20. The molecule has 0 aliphatic carbocycles. The van der Waals surface area contributed by atoms with E-state index in [1.165, 1.54) is 0 Å². The van der Waals surface area contributed by atoms with Crippen LogP contribution in [0.2, 0.25) is 0 Å². The Kier molecular flexibility index (Phi) is 4.36. The molecule has 1 aromatic carbocycles. The summed E-state index contributed by atoms with van der Waals surface area (Å²) in [6, 6.07) is 9.65. The van der Waals surface area contributed by atoms with E-state index in [4.69, 9.17) is 15.0 Å². The van der Waals surface area contributed by atoms with E-state index >= 15 is 0 Å². The molecule has 4 nitrogen and oxygen atoms in total. The third kappa shape index (κ3) is 2.90. The van der Waals surface area contributed by atoms with Gasteiger partial charge in [-0.2, -0.15) is 0 Å². The second-order valence-electron chi connectivity index (χ2n) is 4.08. The molecule has 0 amide bonds. The second-order valence-corrected chi connectivity index (χ2v) is 4.08. The van der Waals surface area contributed by atoms with Gasteiger partial charge in [-0.15, -0.1) is 0 Å². The maximum atomic E-state index is 5.76. The van der Waals surface area contributed by atoms with Gasteiger partial charge in [0.15, 0.2) is 5.76 Å². The van der Waals surface area contributed by atoms with Crippen molar-refractivity contribution >= 4 is 0 Å². The largest absolute Gasteiger partial charge is 0.493 e. The molecule has 18 heavy (non-hydrogen) atoms. The Hall–Kier alpha value is -1.81. The molecule has 0 atom stereocenters. The number of aromatic nitrogens is 1. The SMILES string of the molecule is CCCCOc1ccccc1-c1cc(CN)no1. The van der Waals surface area contributed by atoms with Gasteiger partial charge in [0.25, 0.3) is 0 Å². The van der Waals surface area contributed by atoms with Crippen LogP contribution in [0.15, 0.2) is 34.9 Å². The fourth-order valence-corrected chi connectivity index (χ4v) is 1.66. The van der Waals surface area contributed by atoms with Crippen LogP contribution in [0.25, 0.3) is 11.3 Å². The summed E-state index contributed by atoms with van der Waals surface area (Å²) in [5.74, 6) is 1.52. The van der Waals surface area contributed by atoms with Crippen molar-refractivity contribution < 1.29 is 9.26 Å².